The van der Waals surface area contributed by atoms with Crippen molar-refractivity contribution in [3.8, 4) is 0 Å². The third-order valence-electron chi connectivity index (χ3n) is 2.08. The molecule has 0 fully saturated rings. The largest absolute Gasteiger partial charge is 0.468 e. The molecule has 2 unspecified atom stereocenters. The van der Waals surface area contributed by atoms with Gasteiger partial charge >= 0.3 is 5.97 Å². The first kappa shape index (κ1) is 14.3. The van der Waals surface area contributed by atoms with Crippen molar-refractivity contribution >= 4 is 5.97 Å². The molecule has 90 valence electrons. The first-order chi connectivity index (χ1) is 6.94. The third-order valence-corrected chi connectivity index (χ3v) is 2.08. The molecule has 0 radical (unpaired) electrons. The van der Waals surface area contributed by atoms with Crippen LogP contribution in [0.25, 0.3) is 0 Å². The van der Waals surface area contributed by atoms with E-state index in [0.717, 1.165) is 0 Å². The van der Waals surface area contributed by atoms with E-state index >= 15 is 0 Å². The van der Waals surface area contributed by atoms with Gasteiger partial charge in [0.1, 0.15) is 5.54 Å². The van der Waals surface area contributed by atoms with E-state index in [1.807, 2.05) is 6.92 Å². The summed E-state index contributed by atoms with van der Waals surface area (Å²) in [7, 11) is 2.93. The summed E-state index contributed by atoms with van der Waals surface area (Å²) in [5, 5.41) is 0. The Morgan fingerprint density at radius 2 is 2.07 bits per heavy atom. The van der Waals surface area contributed by atoms with Crippen LogP contribution < -0.4 is 5.73 Å². The van der Waals surface area contributed by atoms with E-state index in [2.05, 4.69) is 4.74 Å². The molecule has 0 rings (SSSR count). The van der Waals surface area contributed by atoms with Crippen LogP contribution in [0.4, 0.5) is 0 Å². The number of carbonyl (C=O) groups is 1. The third kappa shape index (κ3) is 5.71. The molecule has 5 nitrogen and oxygen atoms in total. The number of hydrogen-bond acceptors (Lipinski definition) is 5. The minimum Gasteiger partial charge on any atom is -0.468 e. The van der Waals surface area contributed by atoms with E-state index in [9.17, 15) is 4.79 Å². The van der Waals surface area contributed by atoms with Crippen LogP contribution in [0.2, 0.25) is 0 Å². The Kier molecular flexibility index (Phi) is 6.47. The van der Waals surface area contributed by atoms with E-state index in [0.29, 0.717) is 19.6 Å². The van der Waals surface area contributed by atoms with E-state index in [4.69, 9.17) is 15.2 Å². The maximum absolute atomic E-state index is 11.2. The monoisotopic (exact) mass is 219 g/mol. The van der Waals surface area contributed by atoms with Crippen molar-refractivity contribution in [1.82, 2.24) is 0 Å². The van der Waals surface area contributed by atoms with E-state index in [1.165, 1.54) is 7.11 Å². The summed E-state index contributed by atoms with van der Waals surface area (Å²) in [4.78, 5) is 11.2. The zero-order chi connectivity index (χ0) is 11.9. The molecule has 0 aromatic rings. The molecule has 0 aromatic heterocycles. The first-order valence-corrected chi connectivity index (χ1v) is 4.92. The van der Waals surface area contributed by atoms with Crippen LogP contribution in [-0.2, 0) is 19.0 Å². The van der Waals surface area contributed by atoms with Gasteiger partial charge in [0.25, 0.3) is 0 Å². The Hall–Kier alpha value is -0.650. The number of methoxy groups -OCH3 is 2. The van der Waals surface area contributed by atoms with Crippen molar-refractivity contribution in [2.75, 3.05) is 27.4 Å². The minimum atomic E-state index is -0.985. The summed E-state index contributed by atoms with van der Waals surface area (Å²) < 4.78 is 14.9. The fourth-order valence-corrected chi connectivity index (χ4v) is 1.09. The van der Waals surface area contributed by atoms with Crippen molar-refractivity contribution < 1.29 is 19.0 Å². The molecule has 0 amide bonds. The maximum Gasteiger partial charge on any atom is 0.325 e. The molecule has 0 aliphatic heterocycles. The Bertz CT molecular complexity index is 194. The summed E-state index contributed by atoms with van der Waals surface area (Å²) >= 11 is 0. The van der Waals surface area contributed by atoms with Gasteiger partial charge < -0.3 is 19.9 Å². The van der Waals surface area contributed by atoms with Gasteiger partial charge in [-0.25, -0.2) is 0 Å². The molecular weight excluding hydrogens is 198 g/mol. The fraction of sp³-hybridized carbons (Fsp3) is 0.900. The number of carbonyl (C=O) groups excluding carboxylic acids is 1. The van der Waals surface area contributed by atoms with Crippen LogP contribution in [0.3, 0.4) is 0 Å². The van der Waals surface area contributed by atoms with Gasteiger partial charge in [0.05, 0.1) is 19.8 Å². The highest BCUT2D eigenvalue weighted by Crippen LogP contribution is 2.08. The van der Waals surface area contributed by atoms with Gasteiger partial charge in [-0.15, -0.1) is 0 Å². The summed E-state index contributed by atoms with van der Waals surface area (Å²) in [6.45, 7) is 4.46. The van der Waals surface area contributed by atoms with Crippen LogP contribution in [0.5, 0.6) is 0 Å². The number of hydrogen-bond donors (Lipinski definition) is 1. The lowest BCUT2D eigenvalue weighted by Gasteiger charge is -2.22. The summed E-state index contributed by atoms with van der Waals surface area (Å²) in [5.74, 6) is -0.425. The molecule has 5 heteroatoms. The van der Waals surface area contributed by atoms with Crippen molar-refractivity contribution in [3.05, 3.63) is 0 Å². The quantitative estimate of drug-likeness (QED) is 0.624. The smallest absolute Gasteiger partial charge is 0.325 e. The van der Waals surface area contributed by atoms with Crippen molar-refractivity contribution in [3.63, 3.8) is 0 Å². The van der Waals surface area contributed by atoms with Crippen LogP contribution in [0.15, 0.2) is 0 Å². The molecule has 0 saturated heterocycles. The van der Waals surface area contributed by atoms with Gasteiger partial charge in [0, 0.05) is 13.7 Å². The maximum atomic E-state index is 11.2. The molecule has 0 aliphatic rings. The zero-order valence-electron chi connectivity index (χ0n) is 9.91. The van der Waals surface area contributed by atoms with E-state index < -0.39 is 11.5 Å². The average molecular weight is 219 g/mol. The highest BCUT2D eigenvalue weighted by atomic mass is 16.5. The van der Waals surface area contributed by atoms with E-state index in [-0.39, 0.29) is 6.10 Å². The van der Waals surface area contributed by atoms with Crippen molar-refractivity contribution in [2.45, 2.75) is 31.9 Å². The topological polar surface area (TPSA) is 70.8 Å². The Morgan fingerprint density at radius 1 is 1.47 bits per heavy atom. The lowest BCUT2D eigenvalue weighted by molar-refractivity contribution is -0.147. The van der Waals surface area contributed by atoms with Crippen molar-refractivity contribution in [1.29, 1.82) is 0 Å². The van der Waals surface area contributed by atoms with Gasteiger partial charge in [-0.05, 0) is 20.3 Å². The molecule has 15 heavy (non-hydrogen) atoms. The number of esters is 1. The Balaban J connectivity index is 3.79. The predicted molar refractivity (Wildman–Crippen MR) is 56.5 cm³/mol. The average Bonchev–Trinajstić information content (AvgIpc) is 2.16. The highest BCUT2D eigenvalue weighted by molar-refractivity contribution is 5.79. The number of nitrogens with two attached hydrogens (primary N) is 1. The first-order valence-electron chi connectivity index (χ1n) is 4.92. The van der Waals surface area contributed by atoms with E-state index in [1.54, 1.807) is 14.0 Å². The molecular formula is C10H21NO4. The fourth-order valence-electron chi connectivity index (χ4n) is 1.09. The van der Waals surface area contributed by atoms with Gasteiger partial charge in [-0.1, -0.05) is 0 Å². The molecule has 0 bridgehead atoms. The van der Waals surface area contributed by atoms with Gasteiger partial charge in [-0.2, -0.15) is 0 Å². The van der Waals surface area contributed by atoms with Crippen LogP contribution in [0.1, 0.15) is 20.3 Å². The van der Waals surface area contributed by atoms with Gasteiger partial charge in [0.15, 0.2) is 0 Å². The van der Waals surface area contributed by atoms with Gasteiger partial charge in [-0.3, -0.25) is 4.79 Å². The molecule has 0 aromatic carbocycles. The molecule has 2 N–H and O–H groups in total. The molecule has 0 saturated carbocycles. The zero-order valence-corrected chi connectivity index (χ0v) is 9.91. The second-order valence-electron chi connectivity index (χ2n) is 3.80. The SMILES string of the molecule is COCC(C)OCCC(C)(N)C(=O)OC. The molecule has 0 aliphatic carbocycles. The highest BCUT2D eigenvalue weighted by Gasteiger charge is 2.29. The lowest BCUT2D eigenvalue weighted by Crippen LogP contribution is -2.46. The molecule has 2 atom stereocenters. The minimum absolute atomic E-state index is 0.00319. The Morgan fingerprint density at radius 3 is 2.53 bits per heavy atom. The molecule has 0 spiro atoms. The summed E-state index contributed by atoms with van der Waals surface area (Å²) in [5.41, 5.74) is 4.76. The number of rotatable bonds is 7. The van der Waals surface area contributed by atoms with Crippen LogP contribution >= 0.6 is 0 Å². The standard InChI is InChI=1S/C10H21NO4/c1-8(7-13-3)15-6-5-10(2,11)9(12)14-4/h8H,5-7,11H2,1-4H3. The van der Waals surface area contributed by atoms with Crippen LogP contribution in [0, 0.1) is 0 Å². The summed E-state index contributed by atoms with van der Waals surface area (Å²) in [6.07, 6.45) is 0.428. The normalized spacial score (nSPS) is 16.9. The second-order valence-corrected chi connectivity index (χ2v) is 3.80. The molecule has 0 heterocycles. The Labute approximate surface area is 90.9 Å². The van der Waals surface area contributed by atoms with Gasteiger partial charge in [0.2, 0.25) is 0 Å². The van der Waals surface area contributed by atoms with Crippen LogP contribution in [-0.4, -0.2) is 45.0 Å². The lowest BCUT2D eigenvalue weighted by atomic mass is 10.0. The number of ether oxygens (including phenoxy) is 3. The summed E-state index contributed by atoms with van der Waals surface area (Å²) in [6, 6.07) is 0. The van der Waals surface area contributed by atoms with Crippen molar-refractivity contribution in [2.24, 2.45) is 5.73 Å². The predicted octanol–water partition coefficient (Wildman–Crippen LogP) is 0.318. The second kappa shape index (κ2) is 6.76.